The molecule has 0 spiro atoms. The van der Waals surface area contributed by atoms with E-state index < -0.39 is 15.8 Å². The summed E-state index contributed by atoms with van der Waals surface area (Å²) in [7, 11) is -4.18. The average molecular weight is 596 g/mol. The number of carbonyl (C=O) groups excluding carboxylic acids is 1. The number of morpholine rings is 1. The maximum absolute atomic E-state index is 14.2. The highest BCUT2D eigenvalue weighted by molar-refractivity contribution is 7.90. The van der Waals surface area contributed by atoms with Crippen LogP contribution in [-0.2, 0) is 14.8 Å². The number of aromatic amines is 1. The molecule has 6 aromatic rings. The first-order chi connectivity index (χ1) is 20.7. The number of nitrogen functional groups attached to an aromatic ring is 1. The van der Waals surface area contributed by atoms with Crippen molar-refractivity contribution >= 4 is 49.2 Å². The number of aryl methyl sites for hydroxylation is 2. The molecule has 0 aliphatic carbocycles. The van der Waals surface area contributed by atoms with Gasteiger partial charge in [-0.05, 0) is 62.4 Å². The fraction of sp³-hybridized carbons (Fsp3) is 0.194. The lowest BCUT2D eigenvalue weighted by atomic mass is 10.1. The summed E-state index contributed by atoms with van der Waals surface area (Å²) >= 11 is 0. The molecule has 0 unspecified atom stereocenters. The van der Waals surface area contributed by atoms with Crippen molar-refractivity contribution in [3.05, 3.63) is 95.6 Å². The molecule has 0 radical (unpaired) electrons. The number of imidazole rings is 1. The standard InChI is InChI=1S/C31H29N7O4S/c1-19-3-8-24(9-4-19)43(40,41)38-28-17-22(36-11-13-42-14-12-36)6-5-21(28)15-29(38)30(39)25-18-33-37(31(25)32)23-7-10-26-27(16-23)35-20(2)34-26/h3-10,15-18H,11-14,32H2,1-2H3,(H,34,35). The second-order valence-electron chi connectivity index (χ2n) is 10.7. The summed E-state index contributed by atoms with van der Waals surface area (Å²) in [6.07, 6.45) is 1.37. The Morgan fingerprint density at radius 3 is 2.47 bits per heavy atom. The van der Waals surface area contributed by atoms with E-state index in [1.54, 1.807) is 30.3 Å². The average Bonchev–Trinajstić information content (AvgIpc) is 3.70. The van der Waals surface area contributed by atoms with Crippen molar-refractivity contribution in [1.82, 2.24) is 23.7 Å². The van der Waals surface area contributed by atoms with Gasteiger partial charge in [0.2, 0.25) is 5.78 Å². The van der Waals surface area contributed by atoms with Gasteiger partial charge in [-0.2, -0.15) is 5.10 Å². The summed E-state index contributed by atoms with van der Waals surface area (Å²) < 4.78 is 36.5. The van der Waals surface area contributed by atoms with E-state index in [2.05, 4.69) is 20.0 Å². The van der Waals surface area contributed by atoms with Crippen LogP contribution in [0.4, 0.5) is 11.5 Å². The third kappa shape index (κ3) is 4.55. The summed E-state index contributed by atoms with van der Waals surface area (Å²) in [6.45, 7) is 6.29. The van der Waals surface area contributed by atoms with Crippen LogP contribution < -0.4 is 10.6 Å². The Morgan fingerprint density at radius 1 is 0.953 bits per heavy atom. The molecule has 218 valence electrons. The van der Waals surface area contributed by atoms with E-state index in [4.69, 9.17) is 10.5 Å². The van der Waals surface area contributed by atoms with Gasteiger partial charge in [0.05, 0.1) is 52.1 Å². The van der Waals surface area contributed by atoms with Crippen molar-refractivity contribution in [2.75, 3.05) is 36.9 Å². The monoisotopic (exact) mass is 595 g/mol. The van der Waals surface area contributed by atoms with Gasteiger partial charge in [-0.3, -0.25) is 4.79 Å². The third-order valence-corrected chi connectivity index (χ3v) is 9.53. The first-order valence-electron chi connectivity index (χ1n) is 13.9. The highest BCUT2D eigenvalue weighted by Gasteiger charge is 2.30. The van der Waals surface area contributed by atoms with E-state index in [-0.39, 0.29) is 22.0 Å². The van der Waals surface area contributed by atoms with Crippen LogP contribution in [0.15, 0.2) is 77.8 Å². The second kappa shape index (κ2) is 10.1. The fourth-order valence-corrected chi connectivity index (χ4v) is 7.05. The second-order valence-corrected chi connectivity index (χ2v) is 12.4. The number of benzene rings is 3. The minimum Gasteiger partial charge on any atom is -0.383 e. The molecule has 1 aliphatic rings. The lowest BCUT2D eigenvalue weighted by molar-refractivity contribution is 0.103. The molecular weight excluding hydrogens is 566 g/mol. The maximum Gasteiger partial charge on any atom is 0.268 e. The molecule has 1 aliphatic heterocycles. The SMILES string of the molecule is Cc1ccc(S(=O)(=O)n2c(C(=O)c3cnn(-c4ccc5nc(C)[nH]c5c4)c3N)cc3ccc(N4CCOCC4)cc32)cc1. The van der Waals surface area contributed by atoms with Crippen LogP contribution in [0.3, 0.4) is 0 Å². The molecule has 1 saturated heterocycles. The van der Waals surface area contributed by atoms with Crippen LogP contribution >= 0.6 is 0 Å². The first kappa shape index (κ1) is 26.9. The minimum absolute atomic E-state index is 0.0272. The molecule has 0 saturated carbocycles. The number of nitrogens with two attached hydrogens (primary N) is 1. The largest absolute Gasteiger partial charge is 0.383 e. The Kier molecular flexibility index (Phi) is 6.33. The van der Waals surface area contributed by atoms with Crippen molar-refractivity contribution in [2.45, 2.75) is 18.7 Å². The number of anilines is 2. The zero-order chi connectivity index (χ0) is 29.9. The van der Waals surface area contributed by atoms with E-state index in [0.29, 0.717) is 42.9 Å². The summed E-state index contributed by atoms with van der Waals surface area (Å²) in [4.78, 5) is 24.0. The smallest absolute Gasteiger partial charge is 0.268 e. The van der Waals surface area contributed by atoms with Crippen molar-refractivity contribution in [3.63, 3.8) is 0 Å². The van der Waals surface area contributed by atoms with Gasteiger partial charge < -0.3 is 20.4 Å². The molecule has 0 atom stereocenters. The minimum atomic E-state index is -4.18. The number of nitrogens with zero attached hydrogens (tertiary/aromatic N) is 5. The van der Waals surface area contributed by atoms with Crippen molar-refractivity contribution in [2.24, 2.45) is 0 Å². The lowest BCUT2D eigenvalue weighted by Crippen LogP contribution is -2.36. The number of rotatable bonds is 6. The van der Waals surface area contributed by atoms with Gasteiger partial charge in [-0.1, -0.05) is 23.8 Å². The molecule has 12 heteroatoms. The van der Waals surface area contributed by atoms with Crippen LogP contribution in [0, 0.1) is 13.8 Å². The van der Waals surface area contributed by atoms with E-state index in [1.165, 1.54) is 10.9 Å². The van der Waals surface area contributed by atoms with Gasteiger partial charge in [-0.15, -0.1) is 0 Å². The molecule has 3 N–H and O–H groups in total. The lowest BCUT2D eigenvalue weighted by Gasteiger charge is -2.29. The Bertz CT molecular complexity index is 2140. The van der Waals surface area contributed by atoms with Gasteiger partial charge in [0.1, 0.15) is 17.3 Å². The molecule has 3 aromatic heterocycles. The van der Waals surface area contributed by atoms with Crippen LogP contribution in [0.5, 0.6) is 0 Å². The number of H-pyrrole nitrogens is 1. The third-order valence-electron chi connectivity index (χ3n) is 7.79. The topological polar surface area (TPSA) is 141 Å². The number of ether oxygens (including phenoxy) is 1. The van der Waals surface area contributed by atoms with Crippen molar-refractivity contribution < 1.29 is 17.9 Å². The number of nitrogens with one attached hydrogen (secondary N) is 1. The van der Waals surface area contributed by atoms with E-state index >= 15 is 0 Å². The van der Waals surface area contributed by atoms with E-state index in [0.717, 1.165) is 32.1 Å². The van der Waals surface area contributed by atoms with Gasteiger partial charge in [0.25, 0.3) is 10.0 Å². The van der Waals surface area contributed by atoms with Crippen molar-refractivity contribution in [3.8, 4) is 5.69 Å². The quantitative estimate of drug-likeness (QED) is 0.273. The normalized spacial score (nSPS) is 14.1. The van der Waals surface area contributed by atoms with Crippen LogP contribution in [-0.4, -0.2) is 64.2 Å². The molecule has 3 aromatic carbocycles. The molecule has 7 rings (SSSR count). The molecule has 0 amide bonds. The van der Waals surface area contributed by atoms with E-state index in [1.807, 2.05) is 50.2 Å². The number of carbonyl (C=O) groups is 1. The van der Waals surface area contributed by atoms with Gasteiger partial charge in [0, 0.05) is 24.2 Å². The van der Waals surface area contributed by atoms with Crippen molar-refractivity contribution in [1.29, 1.82) is 0 Å². The molecule has 43 heavy (non-hydrogen) atoms. The first-order valence-corrected chi connectivity index (χ1v) is 15.3. The molecular formula is C31H29N7O4S. The zero-order valence-electron chi connectivity index (χ0n) is 23.6. The number of ketones is 1. The number of hydrogen-bond acceptors (Lipinski definition) is 8. The predicted molar refractivity (Wildman–Crippen MR) is 165 cm³/mol. The highest BCUT2D eigenvalue weighted by atomic mass is 32.2. The highest BCUT2D eigenvalue weighted by Crippen LogP contribution is 2.32. The summed E-state index contributed by atoms with van der Waals surface area (Å²) in [6, 6.07) is 19.3. The fourth-order valence-electron chi connectivity index (χ4n) is 5.55. The molecule has 1 fully saturated rings. The van der Waals surface area contributed by atoms with Crippen LogP contribution in [0.1, 0.15) is 27.4 Å². The molecule has 4 heterocycles. The van der Waals surface area contributed by atoms with Crippen LogP contribution in [0.2, 0.25) is 0 Å². The number of fused-ring (bicyclic) bond motifs is 2. The molecule has 11 nitrogen and oxygen atoms in total. The Morgan fingerprint density at radius 2 is 1.70 bits per heavy atom. The van der Waals surface area contributed by atoms with Gasteiger partial charge >= 0.3 is 0 Å². The summed E-state index contributed by atoms with van der Waals surface area (Å²) in [5.41, 5.74) is 11.0. The molecule has 0 bridgehead atoms. The van der Waals surface area contributed by atoms with Crippen LogP contribution in [0.25, 0.3) is 27.6 Å². The van der Waals surface area contributed by atoms with Gasteiger partial charge in [-0.25, -0.2) is 22.1 Å². The number of aromatic nitrogens is 5. The summed E-state index contributed by atoms with van der Waals surface area (Å²) in [5.74, 6) is 0.317. The Balaban J connectivity index is 1.37. The zero-order valence-corrected chi connectivity index (χ0v) is 24.4. The number of hydrogen-bond donors (Lipinski definition) is 2. The van der Waals surface area contributed by atoms with Gasteiger partial charge in [0.15, 0.2) is 0 Å². The maximum atomic E-state index is 14.2. The predicted octanol–water partition coefficient (Wildman–Crippen LogP) is 4.21. The summed E-state index contributed by atoms with van der Waals surface area (Å²) in [5, 5.41) is 5.01. The Labute approximate surface area is 247 Å². The van der Waals surface area contributed by atoms with E-state index in [9.17, 15) is 13.2 Å². The Hall–Kier alpha value is -4.94.